The standard InChI is InChI=1S/C16H18N6O2/c23-16(19-9-11-3-4-13-14(8-11)21-24-20-13)22-7-1-2-12(10-22)15-17-5-6-18-15/h3-6,8,12H,1-2,7,9-10H2,(H,17,18)(H,19,23). The minimum Gasteiger partial charge on any atom is -0.348 e. The third kappa shape index (κ3) is 2.94. The van der Waals surface area contributed by atoms with E-state index in [1.165, 1.54) is 0 Å². The number of rotatable bonds is 3. The summed E-state index contributed by atoms with van der Waals surface area (Å²) in [6.07, 6.45) is 5.61. The summed E-state index contributed by atoms with van der Waals surface area (Å²) in [5.41, 5.74) is 2.37. The fourth-order valence-corrected chi connectivity index (χ4v) is 3.11. The minimum absolute atomic E-state index is 0.0513. The predicted molar refractivity (Wildman–Crippen MR) is 86.2 cm³/mol. The van der Waals surface area contributed by atoms with E-state index in [-0.39, 0.29) is 11.9 Å². The average molecular weight is 326 g/mol. The van der Waals surface area contributed by atoms with Crippen LogP contribution in [0.2, 0.25) is 0 Å². The molecule has 2 aromatic heterocycles. The highest BCUT2D eigenvalue weighted by molar-refractivity contribution is 5.75. The van der Waals surface area contributed by atoms with Crippen LogP contribution in [0.25, 0.3) is 11.0 Å². The highest BCUT2D eigenvalue weighted by Gasteiger charge is 2.25. The number of aromatic amines is 1. The Balaban J connectivity index is 1.36. The topological polar surface area (TPSA) is 99.9 Å². The molecule has 0 spiro atoms. The molecule has 1 fully saturated rings. The van der Waals surface area contributed by atoms with Crippen LogP contribution in [-0.2, 0) is 6.54 Å². The number of urea groups is 1. The first kappa shape index (κ1) is 14.7. The van der Waals surface area contributed by atoms with Crippen LogP contribution < -0.4 is 5.32 Å². The van der Waals surface area contributed by atoms with Crippen molar-refractivity contribution in [2.24, 2.45) is 0 Å². The lowest BCUT2D eigenvalue weighted by Gasteiger charge is -2.31. The first-order valence-corrected chi connectivity index (χ1v) is 8.03. The van der Waals surface area contributed by atoms with Crippen LogP contribution in [0.15, 0.2) is 35.2 Å². The molecule has 1 aromatic carbocycles. The molecule has 0 radical (unpaired) electrons. The summed E-state index contributed by atoms with van der Waals surface area (Å²) in [6, 6.07) is 5.56. The molecule has 1 atom stereocenters. The molecule has 2 amide bonds. The van der Waals surface area contributed by atoms with Crippen molar-refractivity contribution in [3.63, 3.8) is 0 Å². The molecule has 1 aliphatic rings. The summed E-state index contributed by atoms with van der Waals surface area (Å²) in [4.78, 5) is 21.8. The van der Waals surface area contributed by atoms with Crippen LogP contribution in [-0.4, -0.2) is 44.3 Å². The quantitative estimate of drug-likeness (QED) is 0.767. The van der Waals surface area contributed by atoms with E-state index < -0.39 is 0 Å². The summed E-state index contributed by atoms with van der Waals surface area (Å²) in [6.45, 7) is 1.91. The Morgan fingerprint density at radius 1 is 1.38 bits per heavy atom. The van der Waals surface area contributed by atoms with Gasteiger partial charge in [0.1, 0.15) is 16.9 Å². The van der Waals surface area contributed by atoms with Gasteiger partial charge < -0.3 is 15.2 Å². The number of amides is 2. The number of H-pyrrole nitrogens is 1. The summed E-state index contributed by atoms with van der Waals surface area (Å²) in [5.74, 6) is 1.23. The van der Waals surface area contributed by atoms with Gasteiger partial charge in [-0.1, -0.05) is 6.07 Å². The Morgan fingerprint density at radius 2 is 2.29 bits per heavy atom. The molecule has 1 aliphatic heterocycles. The lowest BCUT2D eigenvalue weighted by atomic mass is 9.98. The van der Waals surface area contributed by atoms with Crippen LogP contribution in [0.3, 0.4) is 0 Å². The Morgan fingerprint density at radius 3 is 3.17 bits per heavy atom. The number of carbonyl (C=O) groups excluding carboxylic acids is 1. The number of hydrogen-bond donors (Lipinski definition) is 2. The van der Waals surface area contributed by atoms with Crippen molar-refractivity contribution in [1.82, 2.24) is 30.5 Å². The van der Waals surface area contributed by atoms with Gasteiger partial charge in [0.2, 0.25) is 0 Å². The van der Waals surface area contributed by atoms with E-state index in [0.717, 1.165) is 30.8 Å². The van der Waals surface area contributed by atoms with E-state index in [1.54, 1.807) is 6.20 Å². The summed E-state index contributed by atoms with van der Waals surface area (Å²) in [5, 5.41) is 10.6. The van der Waals surface area contributed by atoms with E-state index in [2.05, 4.69) is 30.2 Å². The molecule has 1 unspecified atom stereocenters. The van der Waals surface area contributed by atoms with E-state index in [1.807, 2.05) is 29.3 Å². The lowest BCUT2D eigenvalue weighted by molar-refractivity contribution is 0.178. The molecular formula is C16H18N6O2. The molecule has 2 N–H and O–H groups in total. The van der Waals surface area contributed by atoms with Crippen molar-refractivity contribution in [2.75, 3.05) is 13.1 Å². The minimum atomic E-state index is -0.0513. The second kappa shape index (κ2) is 6.31. The van der Waals surface area contributed by atoms with E-state index in [9.17, 15) is 4.79 Å². The van der Waals surface area contributed by atoms with Gasteiger partial charge in [0.25, 0.3) is 0 Å². The first-order chi connectivity index (χ1) is 11.8. The zero-order chi connectivity index (χ0) is 16.4. The van der Waals surface area contributed by atoms with Gasteiger partial charge in [0.15, 0.2) is 0 Å². The fraction of sp³-hybridized carbons (Fsp3) is 0.375. The third-order valence-corrected chi connectivity index (χ3v) is 4.38. The summed E-state index contributed by atoms with van der Waals surface area (Å²) >= 11 is 0. The normalized spacial score (nSPS) is 18.0. The summed E-state index contributed by atoms with van der Waals surface area (Å²) < 4.78 is 4.68. The number of piperidine rings is 1. The number of imidazole rings is 1. The van der Waals surface area contributed by atoms with Crippen LogP contribution in [0.4, 0.5) is 4.79 Å². The molecule has 3 aromatic rings. The number of fused-ring (bicyclic) bond motifs is 1. The first-order valence-electron chi connectivity index (χ1n) is 8.03. The Hall–Kier alpha value is -2.90. The Kier molecular flexibility index (Phi) is 3.86. The molecule has 3 heterocycles. The van der Waals surface area contributed by atoms with Crippen LogP contribution in [0.1, 0.15) is 30.1 Å². The van der Waals surface area contributed by atoms with E-state index in [4.69, 9.17) is 0 Å². The number of aromatic nitrogens is 4. The molecule has 8 nitrogen and oxygen atoms in total. The number of nitrogens with one attached hydrogen (secondary N) is 2. The Labute approximate surface area is 138 Å². The molecule has 1 saturated heterocycles. The maximum atomic E-state index is 12.4. The molecular weight excluding hydrogens is 308 g/mol. The highest BCUT2D eigenvalue weighted by atomic mass is 16.6. The van der Waals surface area contributed by atoms with Crippen LogP contribution in [0.5, 0.6) is 0 Å². The van der Waals surface area contributed by atoms with Gasteiger partial charge in [-0.2, -0.15) is 0 Å². The van der Waals surface area contributed by atoms with Crippen molar-refractivity contribution < 1.29 is 9.42 Å². The summed E-state index contributed by atoms with van der Waals surface area (Å²) in [7, 11) is 0. The van der Waals surface area contributed by atoms with Crippen molar-refractivity contribution in [1.29, 1.82) is 0 Å². The molecule has 0 saturated carbocycles. The van der Waals surface area contributed by atoms with Gasteiger partial charge in [-0.15, -0.1) is 0 Å². The number of likely N-dealkylation sites (tertiary alicyclic amines) is 1. The number of benzene rings is 1. The number of hydrogen-bond acceptors (Lipinski definition) is 5. The molecule has 124 valence electrons. The van der Waals surface area contributed by atoms with Gasteiger partial charge in [-0.3, -0.25) is 0 Å². The second-order valence-corrected chi connectivity index (χ2v) is 6.01. The zero-order valence-electron chi connectivity index (χ0n) is 13.1. The molecule has 8 heteroatoms. The van der Waals surface area contributed by atoms with Crippen molar-refractivity contribution in [3.05, 3.63) is 42.0 Å². The predicted octanol–water partition coefficient (Wildman–Crippen LogP) is 2.04. The number of carbonyl (C=O) groups is 1. The second-order valence-electron chi connectivity index (χ2n) is 6.01. The van der Waals surface area contributed by atoms with Crippen LogP contribution in [0, 0.1) is 0 Å². The smallest absolute Gasteiger partial charge is 0.317 e. The molecule has 0 bridgehead atoms. The SMILES string of the molecule is O=C(NCc1ccc2nonc2c1)N1CCCC(c2ncc[nH]2)C1. The van der Waals surface area contributed by atoms with E-state index in [0.29, 0.717) is 24.1 Å². The molecule has 24 heavy (non-hydrogen) atoms. The Bertz CT molecular complexity index is 828. The van der Waals surface area contributed by atoms with Crippen molar-refractivity contribution in [2.45, 2.75) is 25.3 Å². The monoisotopic (exact) mass is 326 g/mol. The lowest BCUT2D eigenvalue weighted by Crippen LogP contribution is -2.44. The van der Waals surface area contributed by atoms with E-state index >= 15 is 0 Å². The van der Waals surface area contributed by atoms with Gasteiger partial charge >= 0.3 is 6.03 Å². The number of nitrogens with zero attached hydrogens (tertiary/aromatic N) is 4. The van der Waals surface area contributed by atoms with Gasteiger partial charge in [0.05, 0.1) is 0 Å². The van der Waals surface area contributed by atoms with Gasteiger partial charge in [-0.05, 0) is 40.9 Å². The van der Waals surface area contributed by atoms with Gasteiger partial charge in [-0.25, -0.2) is 14.4 Å². The fourth-order valence-electron chi connectivity index (χ4n) is 3.11. The van der Waals surface area contributed by atoms with Gasteiger partial charge in [0, 0.05) is 37.9 Å². The van der Waals surface area contributed by atoms with Crippen molar-refractivity contribution in [3.8, 4) is 0 Å². The molecule has 4 rings (SSSR count). The van der Waals surface area contributed by atoms with Crippen molar-refractivity contribution >= 4 is 17.1 Å². The average Bonchev–Trinajstić information content (AvgIpc) is 3.30. The maximum absolute atomic E-state index is 12.4. The van der Waals surface area contributed by atoms with Crippen LogP contribution >= 0.6 is 0 Å². The largest absolute Gasteiger partial charge is 0.348 e. The highest BCUT2D eigenvalue weighted by Crippen LogP contribution is 2.24. The maximum Gasteiger partial charge on any atom is 0.317 e. The zero-order valence-corrected chi connectivity index (χ0v) is 13.1. The molecule has 0 aliphatic carbocycles. The third-order valence-electron chi connectivity index (χ3n) is 4.38.